The molecule has 0 aliphatic carbocycles. The van der Waals surface area contributed by atoms with E-state index in [0.717, 1.165) is 6.07 Å². The number of aryl methyl sites for hydroxylation is 1. The van der Waals surface area contributed by atoms with Gasteiger partial charge >= 0.3 is 5.97 Å². The number of furan rings is 1. The van der Waals surface area contributed by atoms with Gasteiger partial charge in [0, 0.05) is 18.2 Å². The molecule has 0 saturated carbocycles. The highest BCUT2D eigenvalue weighted by Gasteiger charge is 2.28. The summed E-state index contributed by atoms with van der Waals surface area (Å²) in [5.41, 5.74) is 5.47. The van der Waals surface area contributed by atoms with E-state index in [-0.39, 0.29) is 23.0 Å². The van der Waals surface area contributed by atoms with Crippen molar-refractivity contribution in [2.24, 2.45) is 5.73 Å². The molecule has 8 heteroatoms. The number of carbonyl (C=O) groups excluding carboxylic acids is 1. The van der Waals surface area contributed by atoms with E-state index in [0.29, 0.717) is 12.8 Å². The first-order chi connectivity index (χ1) is 9.69. The van der Waals surface area contributed by atoms with E-state index in [2.05, 4.69) is 9.46 Å². The van der Waals surface area contributed by atoms with Crippen LogP contribution >= 0.6 is 0 Å². The number of rotatable bonds is 7. The van der Waals surface area contributed by atoms with Gasteiger partial charge in [0.2, 0.25) is 15.8 Å². The highest BCUT2D eigenvalue weighted by Crippen LogP contribution is 2.21. The molecule has 0 bridgehead atoms. The minimum Gasteiger partial charge on any atom is -0.463 e. The first-order valence-electron chi connectivity index (χ1n) is 6.66. The molecule has 1 aromatic heterocycles. The maximum Gasteiger partial charge on any atom is 0.373 e. The number of ether oxygens (including phenoxy) is 1. The summed E-state index contributed by atoms with van der Waals surface area (Å²) in [5, 5.41) is 0. The standard InChI is InChI=1S/C13H22N2O5S/c1-5-13(14,6-2)8-15-21(17,18)11-7-10(12(16)19-4)20-9(11)3/h7,15H,5-6,8,14H2,1-4H3. The molecule has 0 unspecified atom stereocenters. The summed E-state index contributed by atoms with van der Waals surface area (Å²) in [7, 11) is -2.60. The molecule has 1 rings (SSSR count). The second-order valence-corrected chi connectivity index (χ2v) is 6.65. The van der Waals surface area contributed by atoms with Crippen LogP contribution < -0.4 is 10.5 Å². The molecule has 7 nitrogen and oxygen atoms in total. The third-order valence-corrected chi connectivity index (χ3v) is 5.08. The summed E-state index contributed by atoms with van der Waals surface area (Å²) in [4.78, 5) is 11.3. The van der Waals surface area contributed by atoms with Gasteiger partial charge in [-0.05, 0) is 19.8 Å². The summed E-state index contributed by atoms with van der Waals surface area (Å²) >= 11 is 0. The third-order valence-electron chi connectivity index (χ3n) is 3.57. The number of methoxy groups -OCH3 is 1. The minimum absolute atomic E-state index is 0.0857. The Bertz CT molecular complexity index is 602. The smallest absolute Gasteiger partial charge is 0.373 e. The molecular formula is C13H22N2O5S. The fraction of sp³-hybridized carbons (Fsp3) is 0.615. The van der Waals surface area contributed by atoms with Crippen molar-refractivity contribution in [2.75, 3.05) is 13.7 Å². The number of esters is 1. The van der Waals surface area contributed by atoms with Crippen LogP contribution in [0.5, 0.6) is 0 Å². The van der Waals surface area contributed by atoms with Crippen LogP contribution in [-0.2, 0) is 14.8 Å². The van der Waals surface area contributed by atoms with E-state index in [9.17, 15) is 13.2 Å². The minimum atomic E-state index is -3.80. The summed E-state index contributed by atoms with van der Waals surface area (Å²) in [6.45, 7) is 5.38. The van der Waals surface area contributed by atoms with Crippen molar-refractivity contribution in [3.63, 3.8) is 0 Å². The van der Waals surface area contributed by atoms with Gasteiger partial charge < -0.3 is 14.9 Å². The monoisotopic (exact) mass is 318 g/mol. The van der Waals surface area contributed by atoms with Gasteiger partial charge in [-0.15, -0.1) is 0 Å². The summed E-state index contributed by atoms with van der Waals surface area (Å²) < 4.78 is 36.6. The van der Waals surface area contributed by atoms with Crippen molar-refractivity contribution >= 4 is 16.0 Å². The Morgan fingerprint density at radius 3 is 2.48 bits per heavy atom. The average Bonchev–Trinajstić information content (AvgIpc) is 2.87. The van der Waals surface area contributed by atoms with Crippen molar-refractivity contribution in [3.8, 4) is 0 Å². The summed E-state index contributed by atoms with van der Waals surface area (Å²) in [6.07, 6.45) is 1.29. The zero-order chi connectivity index (χ0) is 16.3. The van der Waals surface area contributed by atoms with E-state index in [1.54, 1.807) is 0 Å². The average molecular weight is 318 g/mol. The Labute approximate surface area is 124 Å². The van der Waals surface area contributed by atoms with E-state index < -0.39 is 21.5 Å². The molecular weight excluding hydrogens is 296 g/mol. The second kappa shape index (κ2) is 6.59. The van der Waals surface area contributed by atoms with Crippen LogP contribution in [0.2, 0.25) is 0 Å². The molecule has 0 radical (unpaired) electrons. The molecule has 1 heterocycles. The van der Waals surface area contributed by atoms with Crippen LogP contribution in [0.1, 0.15) is 43.0 Å². The molecule has 3 N–H and O–H groups in total. The number of nitrogens with one attached hydrogen (secondary N) is 1. The van der Waals surface area contributed by atoms with Crippen LogP contribution in [-0.4, -0.2) is 33.6 Å². The van der Waals surface area contributed by atoms with E-state index in [4.69, 9.17) is 10.2 Å². The predicted octanol–water partition coefficient (Wildman–Crippen LogP) is 1.17. The lowest BCUT2D eigenvalue weighted by molar-refractivity contribution is 0.0563. The quantitative estimate of drug-likeness (QED) is 0.730. The molecule has 0 fully saturated rings. The van der Waals surface area contributed by atoms with E-state index in [1.165, 1.54) is 14.0 Å². The topological polar surface area (TPSA) is 112 Å². The van der Waals surface area contributed by atoms with E-state index in [1.807, 2.05) is 13.8 Å². The van der Waals surface area contributed by atoms with Gasteiger partial charge in [-0.2, -0.15) is 0 Å². The first-order valence-corrected chi connectivity index (χ1v) is 8.14. The van der Waals surface area contributed by atoms with Gasteiger partial charge in [0.1, 0.15) is 10.7 Å². The number of hydrogen-bond acceptors (Lipinski definition) is 6. The number of hydrogen-bond donors (Lipinski definition) is 2. The maximum atomic E-state index is 12.3. The molecule has 1 aromatic rings. The molecule has 0 spiro atoms. The van der Waals surface area contributed by atoms with E-state index >= 15 is 0 Å². The Morgan fingerprint density at radius 2 is 2.00 bits per heavy atom. The second-order valence-electron chi connectivity index (χ2n) is 4.92. The van der Waals surface area contributed by atoms with Crippen molar-refractivity contribution in [3.05, 3.63) is 17.6 Å². The molecule has 0 atom stereocenters. The Balaban J connectivity index is 2.99. The van der Waals surface area contributed by atoms with Crippen molar-refractivity contribution in [2.45, 2.75) is 44.0 Å². The van der Waals surface area contributed by atoms with Crippen LogP contribution in [0.3, 0.4) is 0 Å². The lowest BCUT2D eigenvalue weighted by Crippen LogP contribution is -2.49. The zero-order valence-electron chi connectivity index (χ0n) is 12.7. The highest BCUT2D eigenvalue weighted by atomic mass is 32.2. The van der Waals surface area contributed by atoms with Gasteiger partial charge in [-0.25, -0.2) is 17.9 Å². The van der Waals surface area contributed by atoms with Crippen LogP contribution in [0.4, 0.5) is 0 Å². The Hall–Kier alpha value is -1.38. The molecule has 0 aromatic carbocycles. The first kappa shape index (κ1) is 17.7. The molecule has 21 heavy (non-hydrogen) atoms. The normalized spacial score (nSPS) is 12.4. The van der Waals surface area contributed by atoms with Crippen LogP contribution in [0.15, 0.2) is 15.4 Å². The van der Waals surface area contributed by atoms with Crippen LogP contribution in [0, 0.1) is 6.92 Å². The van der Waals surface area contributed by atoms with Crippen molar-refractivity contribution < 1.29 is 22.4 Å². The molecule has 120 valence electrons. The molecule has 0 aliphatic rings. The van der Waals surface area contributed by atoms with Gasteiger partial charge in [-0.1, -0.05) is 13.8 Å². The molecule has 0 aliphatic heterocycles. The third kappa shape index (κ3) is 4.05. The van der Waals surface area contributed by atoms with Crippen molar-refractivity contribution in [1.29, 1.82) is 0 Å². The highest BCUT2D eigenvalue weighted by molar-refractivity contribution is 7.89. The number of sulfonamides is 1. The SMILES string of the molecule is CCC(N)(CC)CNS(=O)(=O)c1cc(C(=O)OC)oc1C. The van der Waals surface area contributed by atoms with Gasteiger partial charge in [-0.3, -0.25) is 0 Å². The number of carbonyl (C=O) groups is 1. The largest absolute Gasteiger partial charge is 0.463 e. The lowest BCUT2D eigenvalue weighted by Gasteiger charge is -2.26. The van der Waals surface area contributed by atoms with Gasteiger partial charge in [0.15, 0.2) is 0 Å². The molecule has 0 amide bonds. The predicted molar refractivity (Wildman–Crippen MR) is 77.5 cm³/mol. The summed E-state index contributed by atoms with van der Waals surface area (Å²) in [6, 6.07) is 1.15. The van der Waals surface area contributed by atoms with Crippen molar-refractivity contribution in [1.82, 2.24) is 4.72 Å². The Kier molecular flexibility index (Phi) is 5.54. The fourth-order valence-corrected chi connectivity index (χ4v) is 3.07. The fourth-order valence-electron chi connectivity index (χ4n) is 1.75. The Morgan fingerprint density at radius 1 is 1.43 bits per heavy atom. The number of nitrogens with two attached hydrogens (primary N) is 1. The maximum absolute atomic E-state index is 12.3. The lowest BCUT2D eigenvalue weighted by atomic mass is 9.95. The van der Waals surface area contributed by atoms with Crippen LogP contribution in [0.25, 0.3) is 0 Å². The molecule has 0 saturated heterocycles. The zero-order valence-corrected chi connectivity index (χ0v) is 13.5. The van der Waals surface area contributed by atoms with Gasteiger partial charge in [0.25, 0.3) is 0 Å². The summed E-state index contributed by atoms with van der Waals surface area (Å²) in [5.74, 6) is -0.756. The van der Waals surface area contributed by atoms with Gasteiger partial charge in [0.05, 0.1) is 7.11 Å².